The SMILES string of the molecule is C=C1N(C)c2cc(OC)ccc2C1(C)C. The molecule has 1 aliphatic heterocycles. The largest absolute Gasteiger partial charge is 0.497 e. The van der Waals surface area contributed by atoms with E-state index in [9.17, 15) is 0 Å². The van der Waals surface area contributed by atoms with Gasteiger partial charge in [0.25, 0.3) is 0 Å². The normalized spacial score (nSPS) is 17.9. The van der Waals surface area contributed by atoms with Crippen LogP contribution in [-0.2, 0) is 5.41 Å². The molecule has 0 spiro atoms. The summed E-state index contributed by atoms with van der Waals surface area (Å²) in [5.41, 5.74) is 3.67. The molecule has 0 aromatic heterocycles. The molecule has 0 N–H and O–H groups in total. The topological polar surface area (TPSA) is 12.5 Å². The Morgan fingerprint density at radius 3 is 2.60 bits per heavy atom. The monoisotopic (exact) mass is 203 g/mol. The van der Waals surface area contributed by atoms with Crippen LogP contribution < -0.4 is 9.64 Å². The number of ether oxygens (including phenoxy) is 1. The Morgan fingerprint density at radius 1 is 1.33 bits per heavy atom. The molecule has 0 saturated heterocycles. The van der Waals surface area contributed by atoms with Gasteiger partial charge in [0.1, 0.15) is 5.75 Å². The van der Waals surface area contributed by atoms with Crippen molar-refractivity contribution in [2.75, 3.05) is 19.1 Å². The van der Waals surface area contributed by atoms with Crippen LogP contribution in [-0.4, -0.2) is 14.2 Å². The van der Waals surface area contributed by atoms with E-state index < -0.39 is 0 Å². The highest BCUT2D eigenvalue weighted by molar-refractivity contribution is 5.70. The zero-order chi connectivity index (χ0) is 11.2. The van der Waals surface area contributed by atoms with Crippen molar-refractivity contribution in [3.8, 4) is 5.75 Å². The molecule has 0 radical (unpaired) electrons. The van der Waals surface area contributed by atoms with Gasteiger partial charge in [-0.3, -0.25) is 0 Å². The first kappa shape index (κ1) is 10.1. The Labute approximate surface area is 91.2 Å². The summed E-state index contributed by atoms with van der Waals surface area (Å²) in [7, 11) is 3.74. The van der Waals surface area contributed by atoms with Crippen LogP contribution in [0.1, 0.15) is 19.4 Å². The van der Waals surface area contributed by atoms with Crippen molar-refractivity contribution in [2.24, 2.45) is 0 Å². The van der Waals surface area contributed by atoms with Gasteiger partial charge >= 0.3 is 0 Å². The van der Waals surface area contributed by atoms with Crippen LogP contribution in [0.25, 0.3) is 0 Å². The smallest absolute Gasteiger partial charge is 0.120 e. The molecule has 1 aliphatic rings. The number of anilines is 1. The predicted molar refractivity (Wildman–Crippen MR) is 63.6 cm³/mol. The van der Waals surface area contributed by atoms with E-state index in [-0.39, 0.29) is 5.41 Å². The quantitative estimate of drug-likeness (QED) is 0.695. The number of likely N-dealkylation sites (N-methyl/N-ethyl adjacent to an activating group) is 1. The highest BCUT2D eigenvalue weighted by Gasteiger charge is 2.37. The predicted octanol–water partition coefficient (Wildman–Crippen LogP) is 2.94. The number of rotatable bonds is 1. The second-order valence-electron chi connectivity index (χ2n) is 4.51. The van der Waals surface area contributed by atoms with E-state index in [0.717, 1.165) is 11.4 Å². The van der Waals surface area contributed by atoms with E-state index in [0.29, 0.717) is 0 Å². The van der Waals surface area contributed by atoms with Gasteiger partial charge in [-0.25, -0.2) is 0 Å². The molecule has 2 nitrogen and oxygen atoms in total. The lowest BCUT2D eigenvalue weighted by molar-refractivity contribution is 0.415. The van der Waals surface area contributed by atoms with E-state index >= 15 is 0 Å². The molecule has 0 saturated carbocycles. The molecule has 80 valence electrons. The van der Waals surface area contributed by atoms with Gasteiger partial charge < -0.3 is 9.64 Å². The number of methoxy groups -OCH3 is 1. The third-order valence-electron chi connectivity index (χ3n) is 3.37. The van der Waals surface area contributed by atoms with Gasteiger partial charge in [-0.15, -0.1) is 0 Å². The Morgan fingerprint density at radius 2 is 2.00 bits per heavy atom. The van der Waals surface area contributed by atoms with Crippen LogP contribution >= 0.6 is 0 Å². The molecule has 1 heterocycles. The highest BCUT2D eigenvalue weighted by Crippen LogP contribution is 2.47. The van der Waals surface area contributed by atoms with Crippen LogP contribution in [0.4, 0.5) is 5.69 Å². The van der Waals surface area contributed by atoms with E-state index in [4.69, 9.17) is 4.74 Å². The summed E-state index contributed by atoms with van der Waals surface area (Å²) in [5, 5.41) is 0. The molecule has 0 aliphatic carbocycles. The fourth-order valence-electron chi connectivity index (χ4n) is 2.16. The molecule has 15 heavy (non-hydrogen) atoms. The molecule has 2 heteroatoms. The summed E-state index contributed by atoms with van der Waals surface area (Å²) >= 11 is 0. The second-order valence-corrected chi connectivity index (χ2v) is 4.51. The van der Waals surface area contributed by atoms with Crippen molar-refractivity contribution >= 4 is 5.69 Å². The standard InChI is InChI=1S/C13H17NO/c1-9-13(2,3)11-7-6-10(15-5)8-12(11)14(9)4/h6-8H,1H2,2-5H3. The number of fused-ring (bicyclic) bond motifs is 1. The lowest BCUT2D eigenvalue weighted by Crippen LogP contribution is -2.21. The van der Waals surface area contributed by atoms with E-state index in [1.165, 1.54) is 11.3 Å². The molecule has 0 unspecified atom stereocenters. The maximum absolute atomic E-state index is 5.23. The zero-order valence-corrected chi connectivity index (χ0v) is 9.79. The van der Waals surface area contributed by atoms with Crippen molar-refractivity contribution in [1.29, 1.82) is 0 Å². The van der Waals surface area contributed by atoms with Crippen molar-refractivity contribution < 1.29 is 4.74 Å². The van der Waals surface area contributed by atoms with E-state index in [1.807, 2.05) is 6.07 Å². The van der Waals surface area contributed by atoms with Gasteiger partial charge in [0, 0.05) is 29.9 Å². The van der Waals surface area contributed by atoms with Gasteiger partial charge in [0.15, 0.2) is 0 Å². The Balaban J connectivity index is 2.61. The minimum Gasteiger partial charge on any atom is -0.497 e. The highest BCUT2D eigenvalue weighted by atomic mass is 16.5. The van der Waals surface area contributed by atoms with Gasteiger partial charge in [-0.1, -0.05) is 26.5 Å². The number of allylic oxidation sites excluding steroid dienone is 1. The first-order chi connectivity index (χ1) is 6.98. The molecule has 1 aromatic rings. The van der Waals surface area contributed by atoms with Crippen LogP contribution in [0.5, 0.6) is 5.75 Å². The van der Waals surface area contributed by atoms with Gasteiger partial charge in [0.05, 0.1) is 7.11 Å². The zero-order valence-electron chi connectivity index (χ0n) is 9.79. The first-order valence-corrected chi connectivity index (χ1v) is 5.10. The van der Waals surface area contributed by atoms with Crippen LogP contribution in [0.15, 0.2) is 30.5 Å². The van der Waals surface area contributed by atoms with Crippen molar-refractivity contribution in [3.63, 3.8) is 0 Å². The minimum atomic E-state index is 0.0242. The second kappa shape index (κ2) is 3.02. The lowest BCUT2D eigenvalue weighted by Gasteiger charge is -2.22. The van der Waals surface area contributed by atoms with Crippen LogP contribution in [0.2, 0.25) is 0 Å². The summed E-state index contributed by atoms with van der Waals surface area (Å²) in [4.78, 5) is 2.14. The third kappa shape index (κ3) is 1.24. The van der Waals surface area contributed by atoms with Gasteiger partial charge in [-0.05, 0) is 11.6 Å². The maximum Gasteiger partial charge on any atom is 0.120 e. The molecular formula is C13H17NO. The number of hydrogen-bond acceptors (Lipinski definition) is 2. The fourth-order valence-corrected chi connectivity index (χ4v) is 2.16. The molecule has 1 aromatic carbocycles. The van der Waals surface area contributed by atoms with Gasteiger partial charge in [-0.2, -0.15) is 0 Å². The Hall–Kier alpha value is -1.44. The summed E-state index contributed by atoms with van der Waals surface area (Å²) < 4.78 is 5.23. The molecule has 0 bridgehead atoms. The fraction of sp³-hybridized carbons (Fsp3) is 0.385. The molecule has 0 fully saturated rings. The van der Waals surface area contributed by atoms with Gasteiger partial charge in [0.2, 0.25) is 0 Å². The molecular weight excluding hydrogens is 186 g/mol. The molecule has 0 amide bonds. The maximum atomic E-state index is 5.23. The number of nitrogens with zero attached hydrogens (tertiary/aromatic N) is 1. The van der Waals surface area contributed by atoms with Crippen LogP contribution in [0, 0.1) is 0 Å². The summed E-state index contributed by atoms with van der Waals surface area (Å²) in [6.45, 7) is 8.54. The molecule has 2 rings (SSSR count). The average molecular weight is 203 g/mol. The van der Waals surface area contributed by atoms with Crippen LogP contribution in [0.3, 0.4) is 0 Å². The van der Waals surface area contributed by atoms with E-state index in [2.05, 4.69) is 44.5 Å². The first-order valence-electron chi connectivity index (χ1n) is 5.10. The molecule has 0 atom stereocenters. The van der Waals surface area contributed by atoms with E-state index in [1.54, 1.807) is 7.11 Å². The summed E-state index contributed by atoms with van der Waals surface area (Å²) in [6, 6.07) is 6.20. The number of hydrogen-bond donors (Lipinski definition) is 0. The summed E-state index contributed by atoms with van der Waals surface area (Å²) in [5.74, 6) is 0.895. The third-order valence-corrected chi connectivity index (χ3v) is 3.37. The lowest BCUT2D eigenvalue weighted by atomic mass is 9.84. The van der Waals surface area contributed by atoms with Crippen molar-refractivity contribution in [3.05, 3.63) is 36.0 Å². The van der Waals surface area contributed by atoms with Crippen molar-refractivity contribution in [2.45, 2.75) is 19.3 Å². The Kier molecular flexibility index (Phi) is 2.03. The Bertz CT molecular complexity index is 421. The van der Waals surface area contributed by atoms with Crippen molar-refractivity contribution in [1.82, 2.24) is 0 Å². The average Bonchev–Trinajstić information content (AvgIpc) is 2.40. The summed E-state index contributed by atoms with van der Waals surface area (Å²) in [6.07, 6.45) is 0. The number of benzene rings is 1. The minimum absolute atomic E-state index is 0.0242.